The molecule has 1 heterocycles. The van der Waals surface area contributed by atoms with Gasteiger partial charge in [-0.05, 0) is 49.4 Å². The first-order valence-electron chi connectivity index (χ1n) is 8.29. The second-order valence-electron chi connectivity index (χ2n) is 6.02. The van der Waals surface area contributed by atoms with Crippen molar-refractivity contribution in [3.63, 3.8) is 0 Å². The summed E-state index contributed by atoms with van der Waals surface area (Å²) in [6.45, 7) is 0.296. The molecular formula is C18H19F3N4O. The second-order valence-corrected chi connectivity index (χ2v) is 6.02. The second kappa shape index (κ2) is 7.63. The van der Waals surface area contributed by atoms with Crippen LogP contribution in [-0.4, -0.2) is 17.3 Å². The van der Waals surface area contributed by atoms with Gasteiger partial charge in [0.05, 0.1) is 12.2 Å². The fraction of sp³-hybridized carbons (Fsp3) is 0.333. The van der Waals surface area contributed by atoms with Gasteiger partial charge in [-0.2, -0.15) is 0 Å². The molecule has 1 aliphatic carbocycles. The fourth-order valence-corrected chi connectivity index (χ4v) is 2.84. The van der Waals surface area contributed by atoms with Gasteiger partial charge in [0.1, 0.15) is 5.75 Å². The molecule has 0 aliphatic heterocycles. The van der Waals surface area contributed by atoms with Crippen molar-refractivity contribution in [2.75, 3.05) is 5.32 Å². The summed E-state index contributed by atoms with van der Waals surface area (Å²) >= 11 is 0. The average Bonchev–Trinajstić information content (AvgIpc) is 2.58. The number of fused-ring (bicyclic) bond motifs is 1. The summed E-state index contributed by atoms with van der Waals surface area (Å²) in [5.74, 6) is -0.236. The molecule has 3 rings (SSSR count). The maximum Gasteiger partial charge on any atom is 0.573 e. The fourth-order valence-electron chi connectivity index (χ4n) is 2.84. The van der Waals surface area contributed by atoms with Crippen molar-refractivity contribution in [3.05, 3.63) is 53.3 Å². The van der Waals surface area contributed by atoms with Crippen LogP contribution in [0, 0.1) is 0 Å². The Morgan fingerprint density at radius 1 is 1.19 bits per heavy atom. The van der Waals surface area contributed by atoms with Crippen molar-refractivity contribution in [2.24, 2.45) is 10.7 Å². The Hall–Kier alpha value is -2.77. The molecular weight excluding hydrogens is 345 g/mol. The van der Waals surface area contributed by atoms with E-state index in [1.807, 2.05) is 6.07 Å². The van der Waals surface area contributed by atoms with Gasteiger partial charge < -0.3 is 15.8 Å². The standard InChI is InChI=1S/C18H19F3N4O/c19-18(20,21)26-15-6-3-5-13(10-15)25-17(22)23-11-14-9-8-12-4-1-2-7-16(12)24-14/h3,5-6,8-10H,1-2,4,7,11H2,(H3,22,23,25). The molecule has 0 bridgehead atoms. The SMILES string of the molecule is NC(=NCc1ccc2c(n1)CCCC2)Nc1cccc(OC(F)(F)F)c1. The lowest BCUT2D eigenvalue weighted by Crippen LogP contribution is -2.23. The lowest BCUT2D eigenvalue weighted by atomic mass is 9.96. The third kappa shape index (κ3) is 5.11. The molecule has 0 saturated carbocycles. The molecule has 1 aromatic heterocycles. The highest BCUT2D eigenvalue weighted by Gasteiger charge is 2.31. The number of halogens is 3. The molecule has 0 unspecified atom stereocenters. The topological polar surface area (TPSA) is 72.5 Å². The summed E-state index contributed by atoms with van der Waals surface area (Å²) in [7, 11) is 0. The molecule has 0 spiro atoms. The Morgan fingerprint density at radius 2 is 2.00 bits per heavy atom. The number of aryl methyl sites for hydroxylation is 2. The van der Waals surface area contributed by atoms with Crippen molar-refractivity contribution in [2.45, 2.75) is 38.6 Å². The molecule has 3 N–H and O–H groups in total. The van der Waals surface area contributed by atoms with E-state index in [9.17, 15) is 13.2 Å². The van der Waals surface area contributed by atoms with Crippen LogP contribution in [0.5, 0.6) is 5.75 Å². The number of aliphatic imine (C=N–C) groups is 1. The molecule has 2 aromatic rings. The lowest BCUT2D eigenvalue weighted by molar-refractivity contribution is -0.274. The van der Waals surface area contributed by atoms with Gasteiger partial charge in [0.25, 0.3) is 0 Å². The van der Waals surface area contributed by atoms with E-state index in [1.54, 1.807) is 6.07 Å². The summed E-state index contributed by atoms with van der Waals surface area (Å²) in [5.41, 5.74) is 9.39. The highest BCUT2D eigenvalue weighted by Crippen LogP contribution is 2.25. The van der Waals surface area contributed by atoms with Crippen LogP contribution in [0.4, 0.5) is 18.9 Å². The predicted octanol–water partition coefficient (Wildman–Crippen LogP) is 3.79. The van der Waals surface area contributed by atoms with Gasteiger partial charge >= 0.3 is 6.36 Å². The molecule has 0 atom stereocenters. The number of guanidine groups is 1. The Kier molecular flexibility index (Phi) is 5.29. The van der Waals surface area contributed by atoms with Crippen LogP contribution >= 0.6 is 0 Å². The zero-order chi connectivity index (χ0) is 18.6. The first-order valence-corrected chi connectivity index (χ1v) is 8.29. The number of hydrogen-bond acceptors (Lipinski definition) is 3. The zero-order valence-electron chi connectivity index (χ0n) is 14.0. The van der Waals surface area contributed by atoms with Crippen molar-refractivity contribution in [1.29, 1.82) is 0 Å². The molecule has 138 valence electrons. The minimum Gasteiger partial charge on any atom is -0.406 e. The Morgan fingerprint density at radius 3 is 2.81 bits per heavy atom. The third-order valence-electron chi connectivity index (χ3n) is 3.99. The van der Waals surface area contributed by atoms with Gasteiger partial charge in [0.15, 0.2) is 5.96 Å². The van der Waals surface area contributed by atoms with E-state index < -0.39 is 6.36 Å². The summed E-state index contributed by atoms with van der Waals surface area (Å²) in [6.07, 6.45) is -0.359. The largest absolute Gasteiger partial charge is 0.573 e. The first kappa shape index (κ1) is 18.0. The number of alkyl halides is 3. The van der Waals surface area contributed by atoms with Gasteiger partial charge in [-0.3, -0.25) is 4.98 Å². The van der Waals surface area contributed by atoms with Crippen LogP contribution in [0.15, 0.2) is 41.4 Å². The number of aromatic nitrogens is 1. The Bertz CT molecular complexity index is 805. The third-order valence-corrected chi connectivity index (χ3v) is 3.99. The summed E-state index contributed by atoms with van der Waals surface area (Å²) in [6, 6.07) is 9.42. The minimum atomic E-state index is -4.74. The summed E-state index contributed by atoms with van der Waals surface area (Å²) < 4.78 is 40.7. The number of nitrogens with zero attached hydrogens (tertiary/aromatic N) is 2. The normalized spacial score (nSPS) is 14.7. The van der Waals surface area contributed by atoms with Crippen LogP contribution in [0.2, 0.25) is 0 Å². The number of anilines is 1. The monoisotopic (exact) mass is 364 g/mol. The number of benzene rings is 1. The number of ether oxygens (including phenoxy) is 1. The number of nitrogens with two attached hydrogens (primary N) is 1. The quantitative estimate of drug-likeness (QED) is 0.640. The minimum absolute atomic E-state index is 0.0914. The van der Waals surface area contributed by atoms with E-state index in [2.05, 4.69) is 26.1 Å². The van der Waals surface area contributed by atoms with Crippen LogP contribution in [0.1, 0.15) is 29.8 Å². The van der Waals surface area contributed by atoms with E-state index >= 15 is 0 Å². The van der Waals surface area contributed by atoms with Crippen LogP contribution in [0.3, 0.4) is 0 Å². The van der Waals surface area contributed by atoms with E-state index in [-0.39, 0.29) is 11.7 Å². The molecule has 1 aliphatic rings. The predicted molar refractivity (Wildman–Crippen MR) is 93.0 cm³/mol. The van der Waals surface area contributed by atoms with E-state index in [1.165, 1.54) is 30.2 Å². The van der Waals surface area contributed by atoms with Crippen molar-refractivity contribution in [3.8, 4) is 5.75 Å². The molecule has 8 heteroatoms. The highest BCUT2D eigenvalue weighted by atomic mass is 19.4. The maximum atomic E-state index is 12.3. The van der Waals surface area contributed by atoms with Crippen LogP contribution < -0.4 is 15.8 Å². The zero-order valence-corrected chi connectivity index (χ0v) is 14.0. The number of pyridine rings is 1. The first-order chi connectivity index (χ1) is 12.4. The average molecular weight is 364 g/mol. The molecule has 0 fully saturated rings. The smallest absolute Gasteiger partial charge is 0.406 e. The summed E-state index contributed by atoms with van der Waals surface area (Å²) in [4.78, 5) is 8.81. The van der Waals surface area contributed by atoms with Gasteiger partial charge in [-0.15, -0.1) is 13.2 Å². The number of nitrogens with one attached hydrogen (secondary N) is 1. The maximum absolute atomic E-state index is 12.3. The number of rotatable bonds is 4. The summed E-state index contributed by atoms with van der Waals surface area (Å²) in [5, 5.41) is 2.75. The molecule has 1 aromatic carbocycles. The van der Waals surface area contributed by atoms with Crippen LogP contribution in [-0.2, 0) is 19.4 Å². The van der Waals surface area contributed by atoms with Crippen molar-refractivity contribution < 1.29 is 17.9 Å². The molecule has 0 saturated heterocycles. The van der Waals surface area contributed by atoms with E-state index in [0.717, 1.165) is 30.7 Å². The van der Waals surface area contributed by atoms with Gasteiger partial charge in [-0.1, -0.05) is 12.1 Å². The molecule has 0 radical (unpaired) electrons. The van der Waals surface area contributed by atoms with Crippen molar-refractivity contribution >= 4 is 11.6 Å². The molecule has 26 heavy (non-hydrogen) atoms. The van der Waals surface area contributed by atoms with Crippen LogP contribution in [0.25, 0.3) is 0 Å². The molecule has 0 amide bonds. The Labute approximate surface area is 149 Å². The van der Waals surface area contributed by atoms with Gasteiger partial charge in [-0.25, -0.2) is 4.99 Å². The highest BCUT2D eigenvalue weighted by molar-refractivity contribution is 5.92. The van der Waals surface area contributed by atoms with E-state index in [0.29, 0.717) is 12.2 Å². The number of hydrogen-bond donors (Lipinski definition) is 2. The van der Waals surface area contributed by atoms with Gasteiger partial charge in [0, 0.05) is 17.4 Å². The lowest BCUT2D eigenvalue weighted by Gasteiger charge is -2.15. The molecule has 5 nitrogen and oxygen atoms in total. The van der Waals surface area contributed by atoms with Gasteiger partial charge in [0.2, 0.25) is 0 Å². The van der Waals surface area contributed by atoms with Crippen molar-refractivity contribution in [1.82, 2.24) is 4.98 Å². The Balaban J connectivity index is 1.63. The van der Waals surface area contributed by atoms with E-state index in [4.69, 9.17) is 5.73 Å².